The van der Waals surface area contributed by atoms with E-state index in [-0.39, 0.29) is 12.0 Å². The van der Waals surface area contributed by atoms with Crippen molar-refractivity contribution >= 4 is 11.6 Å². The van der Waals surface area contributed by atoms with Crippen molar-refractivity contribution in [3.63, 3.8) is 0 Å². The molecule has 2 rings (SSSR count). The molecule has 1 aromatic rings. The van der Waals surface area contributed by atoms with Crippen molar-refractivity contribution in [2.75, 3.05) is 18.4 Å². The first-order chi connectivity index (χ1) is 10.1. The minimum Gasteiger partial charge on any atom is -0.393 e. The molecule has 1 fully saturated rings. The lowest BCUT2D eigenvalue weighted by Gasteiger charge is -2.24. The molecule has 1 aromatic carbocycles. The van der Waals surface area contributed by atoms with E-state index in [1.165, 1.54) is 5.56 Å². The summed E-state index contributed by atoms with van der Waals surface area (Å²) >= 11 is 0. The van der Waals surface area contributed by atoms with Crippen molar-refractivity contribution in [2.45, 2.75) is 51.7 Å². The number of amides is 1. The van der Waals surface area contributed by atoms with Crippen LogP contribution in [0.5, 0.6) is 0 Å². The van der Waals surface area contributed by atoms with Gasteiger partial charge in [0.15, 0.2) is 0 Å². The first-order valence-electron chi connectivity index (χ1n) is 7.89. The lowest BCUT2D eigenvalue weighted by Crippen LogP contribution is -2.38. The summed E-state index contributed by atoms with van der Waals surface area (Å²) in [7, 11) is 0. The van der Waals surface area contributed by atoms with Gasteiger partial charge in [0.2, 0.25) is 5.91 Å². The molecular formula is C17H26N2O2. The number of aryl methyl sites for hydroxylation is 1. The molecule has 0 saturated carbocycles. The van der Waals surface area contributed by atoms with Gasteiger partial charge in [-0.3, -0.25) is 9.69 Å². The molecule has 4 nitrogen and oxygen atoms in total. The molecule has 4 heteroatoms. The van der Waals surface area contributed by atoms with Crippen molar-refractivity contribution in [2.24, 2.45) is 0 Å². The Morgan fingerprint density at radius 1 is 1.43 bits per heavy atom. The highest BCUT2D eigenvalue weighted by Gasteiger charge is 2.27. The highest BCUT2D eigenvalue weighted by Crippen LogP contribution is 2.21. The van der Waals surface area contributed by atoms with E-state index < -0.39 is 0 Å². The van der Waals surface area contributed by atoms with Gasteiger partial charge in [0, 0.05) is 11.7 Å². The fraction of sp³-hybridized carbons (Fsp3) is 0.588. The number of aliphatic hydroxyl groups is 1. The normalized spacial score (nSPS) is 20.4. The zero-order valence-corrected chi connectivity index (χ0v) is 13.0. The predicted octanol–water partition coefficient (Wildman–Crippen LogP) is 2.42. The largest absolute Gasteiger partial charge is 0.393 e. The van der Waals surface area contributed by atoms with Crippen LogP contribution in [0.15, 0.2) is 24.3 Å². The Morgan fingerprint density at radius 2 is 2.14 bits per heavy atom. The molecule has 0 spiro atoms. The number of anilines is 1. The number of benzene rings is 1. The molecule has 1 heterocycles. The first kappa shape index (κ1) is 16.0. The molecule has 2 unspecified atom stereocenters. The van der Waals surface area contributed by atoms with Crippen molar-refractivity contribution in [3.8, 4) is 0 Å². The Bertz CT molecular complexity index is 456. The first-order valence-corrected chi connectivity index (χ1v) is 7.89. The Kier molecular flexibility index (Phi) is 5.76. The minimum atomic E-state index is -0.305. The summed E-state index contributed by atoms with van der Waals surface area (Å²) < 4.78 is 0. The van der Waals surface area contributed by atoms with Gasteiger partial charge in [-0.1, -0.05) is 19.1 Å². The number of aliphatic hydroxyl groups excluding tert-OH is 1. The average Bonchev–Trinajstić information content (AvgIpc) is 2.86. The number of nitrogens with zero attached hydrogens (tertiary/aromatic N) is 1. The maximum Gasteiger partial charge on any atom is 0.238 e. The second kappa shape index (κ2) is 7.57. The van der Waals surface area contributed by atoms with E-state index in [2.05, 4.69) is 17.1 Å². The third-order valence-corrected chi connectivity index (χ3v) is 4.10. The summed E-state index contributed by atoms with van der Waals surface area (Å²) in [4.78, 5) is 14.3. The summed E-state index contributed by atoms with van der Waals surface area (Å²) in [5, 5.41) is 12.5. The molecule has 1 saturated heterocycles. The van der Waals surface area contributed by atoms with Gasteiger partial charge < -0.3 is 10.4 Å². The summed E-state index contributed by atoms with van der Waals surface area (Å²) in [5.74, 6) is 0.0248. The number of hydrogen-bond acceptors (Lipinski definition) is 3. The molecule has 1 aliphatic rings. The second-order valence-electron chi connectivity index (χ2n) is 5.95. The van der Waals surface area contributed by atoms with E-state index in [0.29, 0.717) is 12.6 Å². The van der Waals surface area contributed by atoms with Crippen LogP contribution in [0, 0.1) is 0 Å². The van der Waals surface area contributed by atoms with Crippen molar-refractivity contribution < 1.29 is 9.90 Å². The van der Waals surface area contributed by atoms with Crippen LogP contribution in [0.2, 0.25) is 0 Å². The molecule has 0 aliphatic carbocycles. The van der Waals surface area contributed by atoms with Gasteiger partial charge in [0.05, 0.1) is 12.6 Å². The van der Waals surface area contributed by atoms with E-state index in [9.17, 15) is 9.90 Å². The van der Waals surface area contributed by atoms with Crippen LogP contribution in [0.25, 0.3) is 0 Å². The average molecular weight is 290 g/mol. The van der Waals surface area contributed by atoms with Gasteiger partial charge in [-0.25, -0.2) is 0 Å². The maximum atomic E-state index is 12.1. The minimum absolute atomic E-state index is 0.0248. The van der Waals surface area contributed by atoms with Gasteiger partial charge in [-0.05, 0) is 56.8 Å². The number of nitrogens with one attached hydrogen (secondary N) is 1. The van der Waals surface area contributed by atoms with Crippen LogP contribution in [-0.4, -0.2) is 41.1 Å². The molecular weight excluding hydrogens is 264 g/mol. The monoisotopic (exact) mass is 290 g/mol. The lowest BCUT2D eigenvalue weighted by molar-refractivity contribution is -0.117. The van der Waals surface area contributed by atoms with Crippen LogP contribution in [0.4, 0.5) is 5.69 Å². The fourth-order valence-corrected chi connectivity index (χ4v) is 2.97. The zero-order valence-electron chi connectivity index (χ0n) is 13.0. The van der Waals surface area contributed by atoms with E-state index in [1.807, 2.05) is 31.2 Å². The van der Waals surface area contributed by atoms with Crippen molar-refractivity contribution in [1.82, 2.24) is 4.90 Å². The summed E-state index contributed by atoms with van der Waals surface area (Å²) in [6, 6.07) is 8.32. The zero-order chi connectivity index (χ0) is 15.2. The molecule has 116 valence electrons. The molecule has 2 N–H and O–H groups in total. The fourth-order valence-electron chi connectivity index (χ4n) is 2.97. The van der Waals surface area contributed by atoms with Crippen LogP contribution in [0.1, 0.15) is 38.7 Å². The van der Waals surface area contributed by atoms with E-state index in [4.69, 9.17) is 0 Å². The van der Waals surface area contributed by atoms with Gasteiger partial charge in [-0.15, -0.1) is 0 Å². The van der Waals surface area contributed by atoms with Crippen LogP contribution >= 0.6 is 0 Å². The maximum absolute atomic E-state index is 12.1. The molecule has 0 radical (unpaired) electrons. The third-order valence-electron chi connectivity index (χ3n) is 4.10. The molecule has 1 aliphatic heterocycles. The van der Waals surface area contributed by atoms with Gasteiger partial charge in [-0.2, -0.15) is 0 Å². The van der Waals surface area contributed by atoms with Gasteiger partial charge in [0.1, 0.15) is 0 Å². The van der Waals surface area contributed by atoms with Crippen molar-refractivity contribution in [1.29, 1.82) is 0 Å². The molecule has 2 atom stereocenters. The van der Waals surface area contributed by atoms with Gasteiger partial charge in [0.25, 0.3) is 0 Å². The highest BCUT2D eigenvalue weighted by molar-refractivity contribution is 5.92. The topological polar surface area (TPSA) is 52.6 Å². The number of carbonyl (C=O) groups excluding carboxylic acids is 1. The molecule has 21 heavy (non-hydrogen) atoms. The summed E-state index contributed by atoms with van der Waals surface area (Å²) in [5.41, 5.74) is 2.12. The summed E-state index contributed by atoms with van der Waals surface area (Å²) in [6.45, 7) is 5.28. The SMILES string of the molecule is CCc1ccc(NC(=O)CN2CCCC2CC(C)O)cc1. The third kappa shape index (κ3) is 4.83. The Labute approximate surface area is 127 Å². The van der Waals surface area contributed by atoms with Crippen molar-refractivity contribution in [3.05, 3.63) is 29.8 Å². The predicted molar refractivity (Wildman–Crippen MR) is 85.3 cm³/mol. The number of carbonyl (C=O) groups is 1. The molecule has 1 amide bonds. The second-order valence-corrected chi connectivity index (χ2v) is 5.95. The Morgan fingerprint density at radius 3 is 2.76 bits per heavy atom. The molecule has 0 bridgehead atoms. The number of likely N-dealkylation sites (tertiary alicyclic amines) is 1. The highest BCUT2D eigenvalue weighted by atomic mass is 16.3. The van der Waals surface area contributed by atoms with Crippen LogP contribution in [-0.2, 0) is 11.2 Å². The van der Waals surface area contributed by atoms with Gasteiger partial charge >= 0.3 is 0 Å². The molecule has 0 aromatic heterocycles. The standard InChI is InChI=1S/C17H26N2O2/c1-3-14-6-8-15(9-7-14)18-17(21)12-19-10-4-5-16(19)11-13(2)20/h6-9,13,16,20H,3-5,10-12H2,1-2H3,(H,18,21). The van der Waals surface area contributed by atoms with Crippen LogP contribution in [0.3, 0.4) is 0 Å². The Balaban J connectivity index is 1.85. The lowest BCUT2D eigenvalue weighted by atomic mass is 10.1. The van der Waals surface area contributed by atoms with E-state index in [0.717, 1.165) is 37.9 Å². The van der Waals surface area contributed by atoms with E-state index in [1.54, 1.807) is 0 Å². The number of rotatable bonds is 6. The Hall–Kier alpha value is -1.39. The smallest absolute Gasteiger partial charge is 0.238 e. The quantitative estimate of drug-likeness (QED) is 0.846. The van der Waals surface area contributed by atoms with Crippen LogP contribution < -0.4 is 5.32 Å². The van der Waals surface area contributed by atoms with E-state index >= 15 is 0 Å². The number of hydrogen-bond donors (Lipinski definition) is 2. The summed E-state index contributed by atoms with van der Waals surface area (Å²) in [6.07, 6.45) is 3.63.